The highest BCUT2D eigenvalue weighted by atomic mass is 16.2. The Morgan fingerprint density at radius 3 is 2.75 bits per heavy atom. The number of hydrogen-bond donors (Lipinski definition) is 0. The van der Waals surface area contributed by atoms with E-state index in [0.717, 1.165) is 25.8 Å². The molecule has 1 rings (SSSR count). The zero-order chi connectivity index (χ0) is 12.0. The van der Waals surface area contributed by atoms with Gasteiger partial charge in [0.05, 0.1) is 6.54 Å². The third-order valence-corrected chi connectivity index (χ3v) is 3.03. The molecule has 1 fully saturated rings. The van der Waals surface area contributed by atoms with Crippen molar-refractivity contribution in [2.45, 2.75) is 52.4 Å². The molecule has 3 nitrogen and oxygen atoms in total. The summed E-state index contributed by atoms with van der Waals surface area (Å²) in [6.07, 6.45) is 5.37. The van der Waals surface area contributed by atoms with Gasteiger partial charge in [-0.2, -0.15) is 0 Å². The molecule has 1 aliphatic rings. The third-order valence-electron chi connectivity index (χ3n) is 3.03. The van der Waals surface area contributed by atoms with Gasteiger partial charge in [-0.1, -0.05) is 26.7 Å². The second kappa shape index (κ2) is 6.66. The van der Waals surface area contributed by atoms with Crippen molar-refractivity contribution in [3.05, 3.63) is 0 Å². The Hall–Kier alpha value is -0.860. The molecule has 0 atom stereocenters. The summed E-state index contributed by atoms with van der Waals surface area (Å²) < 4.78 is 0. The molecule has 92 valence electrons. The summed E-state index contributed by atoms with van der Waals surface area (Å²) in [6, 6.07) is 0. The van der Waals surface area contributed by atoms with Crippen LogP contribution in [0.15, 0.2) is 0 Å². The zero-order valence-corrected chi connectivity index (χ0v) is 10.5. The average molecular weight is 225 g/mol. The van der Waals surface area contributed by atoms with Crippen LogP contribution in [0, 0.1) is 5.92 Å². The molecule has 0 aliphatic carbocycles. The second-order valence-electron chi connectivity index (χ2n) is 5.10. The van der Waals surface area contributed by atoms with Gasteiger partial charge >= 0.3 is 0 Å². The van der Waals surface area contributed by atoms with Gasteiger partial charge in [-0.3, -0.25) is 9.59 Å². The topological polar surface area (TPSA) is 37.4 Å². The first-order chi connectivity index (χ1) is 7.59. The molecule has 0 unspecified atom stereocenters. The molecule has 3 heteroatoms. The Kier molecular flexibility index (Phi) is 5.50. The summed E-state index contributed by atoms with van der Waals surface area (Å²) in [7, 11) is 0. The Labute approximate surface area is 98.2 Å². The lowest BCUT2D eigenvalue weighted by atomic mass is 10.0. The Morgan fingerprint density at radius 2 is 2.12 bits per heavy atom. The van der Waals surface area contributed by atoms with Crippen molar-refractivity contribution < 1.29 is 9.59 Å². The van der Waals surface area contributed by atoms with E-state index in [9.17, 15) is 9.59 Å². The lowest BCUT2D eigenvalue weighted by molar-refractivity contribution is -0.137. The maximum atomic E-state index is 11.8. The summed E-state index contributed by atoms with van der Waals surface area (Å²) in [6.45, 7) is 5.52. The van der Waals surface area contributed by atoms with E-state index in [0.29, 0.717) is 25.3 Å². The first-order valence-electron chi connectivity index (χ1n) is 6.39. The van der Waals surface area contributed by atoms with Crippen LogP contribution in [-0.2, 0) is 9.59 Å². The van der Waals surface area contributed by atoms with E-state index < -0.39 is 0 Å². The van der Waals surface area contributed by atoms with E-state index in [-0.39, 0.29) is 11.7 Å². The van der Waals surface area contributed by atoms with Gasteiger partial charge in [0.25, 0.3) is 0 Å². The smallest absolute Gasteiger partial charge is 0.222 e. The number of carbonyl (C=O) groups excluding carboxylic acids is 2. The third kappa shape index (κ3) is 4.77. The van der Waals surface area contributed by atoms with Gasteiger partial charge in [-0.15, -0.1) is 0 Å². The van der Waals surface area contributed by atoms with Crippen molar-refractivity contribution in [3.8, 4) is 0 Å². The van der Waals surface area contributed by atoms with Crippen LogP contribution < -0.4 is 0 Å². The highest BCUT2D eigenvalue weighted by molar-refractivity contribution is 5.87. The number of unbranched alkanes of at least 4 members (excludes halogenated alkanes) is 1. The summed E-state index contributed by atoms with van der Waals surface area (Å²) in [5.41, 5.74) is 0. The normalized spacial score (nSPS) is 16.9. The van der Waals surface area contributed by atoms with Gasteiger partial charge in [-0.05, 0) is 18.8 Å². The molecular weight excluding hydrogens is 202 g/mol. The van der Waals surface area contributed by atoms with Gasteiger partial charge in [-0.25, -0.2) is 0 Å². The predicted molar refractivity (Wildman–Crippen MR) is 64.1 cm³/mol. The molecular formula is C13H23NO2. The first kappa shape index (κ1) is 13.2. The maximum absolute atomic E-state index is 11.8. The number of hydrogen-bond acceptors (Lipinski definition) is 2. The van der Waals surface area contributed by atoms with Crippen molar-refractivity contribution in [2.75, 3.05) is 13.1 Å². The van der Waals surface area contributed by atoms with Gasteiger partial charge in [0, 0.05) is 19.4 Å². The quantitative estimate of drug-likeness (QED) is 0.674. The summed E-state index contributed by atoms with van der Waals surface area (Å²) in [5, 5.41) is 0. The van der Waals surface area contributed by atoms with Gasteiger partial charge in [0.2, 0.25) is 5.91 Å². The van der Waals surface area contributed by atoms with E-state index in [4.69, 9.17) is 0 Å². The van der Waals surface area contributed by atoms with Crippen molar-refractivity contribution >= 4 is 11.7 Å². The molecule has 0 N–H and O–H groups in total. The molecule has 0 radical (unpaired) electrons. The van der Waals surface area contributed by atoms with Gasteiger partial charge in [0.15, 0.2) is 5.78 Å². The number of Topliss-reactive ketones (excluding diaryl/α,β-unsaturated/α-hetero) is 1. The lowest BCUT2D eigenvalue weighted by Crippen LogP contribution is -2.39. The van der Waals surface area contributed by atoms with Crippen molar-refractivity contribution in [1.29, 1.82) is 0 Å². The monoisotopic (exact) mass is 225 g/mol. The minimum absolute atomic E-state index is 0.164. The molecule has 16 heavy (non-hydrogen) atoms. The van der Waals surface area contributed by atoms with E-state index in [1.807, 2.05) is 0 Å². The van der Waals surface area contributed by atoms with Crippen LogP contribution in [0.5, 0.6) is 0 Å². The highest BCUT2D eigenvalue weighted by Gasteiger charge is 2.20. The van der Waals surface area contributed by atoms with Crippen LogP contribution in [0.2, 0.25) is 0 Å². The van der Waals surface area contributed by atoms with Gasteiger partial charge < -0.3 is 4.90 Å². The summed E-state index contributed by atoms with van der Waals surface area (Å²) in [5.74, 6) is 1.09. The molecule has 1 heterocycles. The molecule has 0 aromatic rings. The predicted octanol–water partition coefficient (Wildman–Crippen LogP) is 2.39. The highest BCUT2D eigenvalue weighted by Crippen LogP contribution is 2.12. The zero-order valence-electron chi connectivity index (χ0n) is 10.5. The van der Waals surface area contributed by atoms with E-state index in [1.165, 1.54) is 6.42 Å². The minimum atomic E-state index is 0.164. The number of nitrogens with zero attached hydrogens (tertiary/aromatic N) is 1. The molecule has 1 saturated heterocycles. The van der Waals surface area contributed by atoms with Crippen LogP contribution in [0.3, 0.4) is 0 Å². The fraction of sp³-hybridized carbons (Fsp3) is 0.846. The molecule has 0 saturated carbocycles. The lowest BCUT2D eigenvalue weighted by Gasteiger charge is -2.25. The first-order valence-corrected chi connectivity index (χ1v) is 6.39. The molecule has 0 aromatic carbocycles. The minimum Gasteiger partial charge on any atom is -0.335 e. The largest absolute Gasteiger partial charge is 0.335 e. The fourth-order valence-corrected chi connectivity index (χ4v) is 2.04. The van der Waals surface area contributed by atoms with E-state index in [1.54, 1.807) is 4.90 Å². The number of likely N-dealkylation sites (tertiary alicyclic amines) is 1. The van der Waals surface area contributed by atoms with Crippen LogP contribution >= 0.6 is 0 Å². The Balaban J connectivity index is 2.16. The average Bonchev–Trinajstić information content (AvgIpc) is 2.24. The molecule has 1 amide bonds. The molecule has 0 spiro atoms. The van der Waals surface area contributed by atoms with Crippen molar-refractivity contribution in [2.24, 2.45) is 5.92 Å². The SMILES string of the molecule is CC(C)CCCCC(=O)N1CCCC(=O)C1. The number of carbonyl (C=O) groups is 2. The summed E-state index contributed by atoms with van der Waals surface area (Å²) >= 11 is 0. The van der Waals surface area contributed by atoms with Crippen LogP contribution in [0.1, 0.15) is 52.4 Å². The molecule has 0 bridgehead atoms. The standard InChI is InChI=1S/C13H23NO2/c1-11(2)6-3-4-8-13(16)14-9-5-7-12(15)10-14/h11H,3-10H2,1-2H3. The van der Waals surface area contributed by atoms with E-state index >= 15 is 0 Å². The van der Waals surface area contributed by atoms with Gasteiger partial charge in [0.1, 0.15) is 0 Å². The molecule has 0 aromatic heterocycles. The second-order valence-corrected chi connectivity index (χ2v) is 5.10. The van der Waals surface area contributed by atoms with Crippen LogP contribution in [-0.4, -0.2) is 29.7 Å². The van der Waals surface area contributed by atoms with E-state index in [2.05, 4.69) is 13.8 Å². The number of ketones is 1. The Morgan fingerprint density at radius 1 is 1.38 bits per heavy atom. The number of rotatable bonds is 5. The summed E-state index contributed by atoms with van der Waals surface area (Å²) in [4.78, 5) is 24.7. The van der Waals surface area contributed by atoms with Crippen LogP contribution in [0.25, 0.3) is 0 Å². The van der Waals surface area contributed by atoms with Crippen molar-refractivity contribution in [3.63, 3.8) is 0 Å². The number of piperidine rings is 1. The molecule has 1 aliphatic heterocycles. The maximum Gasteiger partial charge on any atom is 0.222 e. The van der Waals surface area contributed by atoms with Crippen LogP contribution in [0.4, 0.5) is 0 Å². The fourth-order valence-electron chi connectivity index (χ4n) is 2.04. The number of amides is 1. The Bertz CT molecular complexity index is 248. The van der Waals surface area contributed by atoms with Crippen molar-refractivity contribution in [1.82, 2.24) is 4.90 Å².